The van der Waals surface area contributed by atoms with E-state index in [-0.39, 0.29) is 11.3 Å². The minimum Gasteiger partial charge on any atom is -0.351 e. The summed E-state index contributed by atoms with van der Waals surface area (Å²) < 4.78 is 0.966. The van der Waals surface area contributed by atoms with Crippen molar-refractivity contribution in [3.63, 3.8) is 0 Å². The Hall–Kier alpha value is -0.290. The molecule has 1 aliphatic rings. The Kier molecular flexibility index (Phi) is 4.54. The fraction of sp³-hybridized carbons (Fsp3) is 0.500. The van der Waals surface area contributed by atoms with Crippen molar-refractivity contribution in [3.8, 4) is 0 Å². The summed E-state index contributed by atoms with van der Waals surface area (Å²) in [7, 11) is 0. The molecule has 0 radical (unpaired) electrons. The second-order valence-electron chi connectivity index (χ2n) is 5.33. The predicted octanol–water partition coefficient (Wildman–Crippen LogP) is 4.25. The third-order valence-electron chi connectivity index (χ3n) is 3.67. The molecule has 0 unspecified atom stereocenters. The van der Waals surface area contributed by atoms with Crippen molar-refractivity contribution in [2.75, 3.05) is 6.54 Å². The normalized spacial score (nSPS) is 17.7. The zero-order valence-corrected chi connectivity index (χ0v) is 13.3. The van der Waals surface area contributed by atoms with E-state index in [0.29, 0.717) is 10.6 Å². The van der Waals surface area contributed by atoms with Gasteiger partial charge >= 0.3 is 0 Å². The molecule has 0 bridgehead atoms. The highest BCUT2D eigenvalue weighted by molar-refractivity contribution is 14.1. The topological polar surface area (TPSA) is 29.1 Å². The molecule has 18 heavy (non-hydrogen) atoms. The molecule has 98 valence electrons. The number of halogens is 2. The molecule has 1 amide bonds. The lowest BCUT2D eigenvalue weighted by Gasteiger charge is -2.23. The van der Waals surface area contributed by atoms with E-state index in [4.69, 9.17) is 11.6 Å². The Morgan fingerprint density at radius 3 is 2.72 bits per heavy atom. The van der Waals surface area contributed by atoms with Crippen LogP contribution in [0, 0.1) is 8.99 Å². The number of carbonyl (C=O) groups is 1. The summed E-state index contributed by atoms with van der Waals surface area (Å²) in [5, 5.41) is 3.66. The average Bonchev–Trinajstić information content (AvgIpc) is 2.77. The van der Waals surface area contributed by atoms with Crippen molar-refractivity contribution in [1.29, 1.82) is 0 Å². The van der Waals surface area contributed by atoms with Crippen LogP contribution in [0.2, 0.25) is 5.02 Å². The molecule has 0 aliphatic heterocycles. The van der Waals surface area contributed by atoms with E-state index in [1.807, 2.05) is 12.1 Å². The molecule has 1 aliphatic carbocycles. The van der Waals surface area contributed by atoms with Crippen LogP contribution in [0.5, 0.6) is 0 Å². The molecule has 2 nitrogen and oxygen atoms in total. The third-order valence-corrected chi connectivity index (χ3v) is 5.24. The van der Waals surface area contributed by atoms with E-state index >= 15 is 0 Å². The van der Waals surface area contributed by atoms with Gasteiger partial charge in [0.05, 0.1) is 5.02 Å². The molecule has 1 aromatic rings. The number of benzene rings is 1. The van der Waals surface area contributed by atoms with Crippen molar-refractivity contribution in [2.45, 2.75) is 32.6 Å². The molecule has 0 atom stereocenters. The summed E-state index contributed by atoms with van der Waals surface area (Å²) in [6, 6.07) is 5.42. The Balaban J connectivity index is 1.97. The van der Waals surface area contributed by atoms with Crippen LogP contribution in [0.3, 0.4) is 0 Å². The number of amides is 1. The number of rotatable bonds is 3. The fourth-order valence-corrected chi connectivity index (χ4v) is 2.95. The minimum absolute atomic E-state index is 0.0265. The van der Waals surface area contributed by atoms with E-state index in [1.165, 1.54) is 25.7 Å². The van der Waals surface area contributed by atoms with Crippen LogP contribution in [0.15, 0.2) is 18.2 Å². The lowest BCUT2D eigenvalue weighted by molar-refractivity contribution is 0.0934. The predicted molar refractivity (Wildman–Crippen MR) is 83.1 cm³/mol. The van der Waals surface area contributed by atoms with Gasteiger partial charge in [-0.15, -0.1) is 0 Å². The van der Waals surface area contributed by atoms with Gasteiger partial charge in [-0.05, 0) is 59.0 Å². The van der Waals surface area contributed by atoms with E-state index in [0.717, 1.165) is 10.1 Å². The van der Waals surface area contributed by atoms with E-state index in [2.05, 4.69) is 34.8 Å². The minimum atomic E-state index is -0.0265. The smallest absolute Gasteiger partial charge is 0.251 e. The molecule has 1 aromatic carbocycles. The first kappa shape index (κ1) is 14.1. The first-order valence-electron chi connectivity index (χ1n) is 6.23. The second kappa shape index (κ2) is 5.78. The monoisotopic (exact) mass is 377 g/mol. The van der Waals surface area contributed by atoms with Gasteiger partial charge in [0.2, 0.25) is 0 Å². The molecule has 0 saturated heterocycles. The van der Waals surface area contributed by atoms with Gasteiger partial charge in [-0.1, -0.05) is 31.4 Å². The molecular weight excluding hydrogens is 361 g/mol. The van der Waals surface area contributed by atoms with Gasteiger partial charge in [-0.2, -0.15) is 0 Å². The highest BCUT2D eigenvalue weighted by Crippen LogP contribution is 2.36. The summed E-state index contributed by atoms with van der Waals surface area (Å²) in [6.07, 6.45) is 4.98. The van der Waals surface area contributed by atoms with Crippen LogP contribution < -0.4 is 5.32 Å². The van der Waals surface area contributed by atoms with E-state index < -0.39 is 0 Å². The Labute approximate surface area is 127 Å². The molecule has 0 spiro atoms. The maximum atomic E-state index is 12.0. The first-order chi connectivity index (χ1) is 8.50. The SMILES string of the molecule is CC1(CNC(=O)c2ccc(I)c(Cl)c2)CCCC1. The van der Waals surface area contributed by atoms with Crippen molar-refractivity contribution < 1.29 is 4.79 Å². The lowest BCUT2D eigenvalue weighted by atomic mass is 9.89. The summed E-state index contributed by atoms with van der Waals surface area (Å²) >= 11 is 8.18. The van der Waals surface area contributed by atoms with Gasteiger partial charge in [0.1, 0.15) is 0 Å². The van der Waals surface area contributed by atoms with Gasteiger partial charge in [0.15, 0.2) is 0 Å². The highest BCUT2D eigenvalue weighted by Gasteiger charge is 2.28. The van der Waals surface area contributed by atoms with Gasteiger partial charge in [0.25, 0.3) is 5.91 Å². The largest absolute Gasteiger partial charge is 0.351 e. The van der Waals surface area contributed by atoms with Crippen molar-refractivity contribution >= 4 is 40.1 Å². The Morgan fingerprint density at radius 2 is 2.11 bits per heavy atom. The van der Waals surface area contributed by atoms with Gasteiger partial charge in [-0.3, -0.25) is 4.79 Å². The number of hydrogen-bond acceptors (Lipinski definition) is 1. The van der Waals surface area contributed by atoms with Crippen LogP contribution in [0.4, 0.5) is 0 Å². The zero-order chi connectivity index (χ0) is 13.2. The molecule has 1 N–H and O–H groups in total. The van der Waals surface area contributed by atoms with Crippen LogP contribution >= 0.6 is 34.2 Å². The molecule has 4 heteroatoms. The maximum absolute atomic E-state index is 12.0. The molecule has 2 rings (SSSR count). The van der Waals surface area contributed by atoms with Gasteiger partial charge < -0.3 is 5.32 Å². The Morgan fingerprint density at radius 1 is 1.44 bits per heavy atom. The van der Waals surface area contributed by atoms with Crippen LogP contribution in [-0.4, -0.2) is 12.5 Å². The highest BCUT2D eigenvalue weighted by atomic mass is 127. The zero-order valence-electron chi connectivity index (χ0n) is 10.4. The standard InChI is InChI=1S/C14H17ClINO/c1-14(6-2-3-7-14)9-17-13(18)10-4-5-12(16)11(15)8-10/h4-5,8H,2-3,6-7,9H2,1H3,(H,17,18). The molecule has 0 heterocycles. The van der Waals surface area contributed by atoms with Gasteiger partial charge in [0, 0.05) is 15.7 Å². The van der Waals surface area contributed by atoms with Crippen molar-refractivity contribution in [2.24, 2.45) is 5.41 Å². The van der Waals surface area contributed by atoms with Crippen molar-refractivity contribution in [1.82, 2.24) is 5.32 Å². The average molecular weight is 378 g/mol. The number of carbonyl (C=O) groups excluding carboxylic acids is 1. The van der Waals surface area contributed by atoms with Crippen molar-refractivity contribution in [3.05, 3.63) is 32.4 Å². The summed E-state index contributed by atoms with van der Waals surface area (Å²) in [5.74, 6) is -0.0265. The van der Waals surface area contributed by atoms with E-state index in [1.54, 1.807) is 6.07 Å². The second-order valence-corrected chi connectivity index (χ2v) is 6.90. The van der Waals surface area contributed by atoms with Crippen LogP contribution in [0.1, 0.15) is 43.0 Å². The third kappa shape index (κ3) is 3.38. The Bertz CT molecular complexity index is 455. The van der Waals surface area contributed by atoms with Gasteiger partial charge in [-0.25, -0.2) is 0 Å². The maximum Gasteiger partial charge on any atom is 0.251 e. The fourth-order valence-electron chi connectivity index (χ4n) is 2.44. The number of nitrogens with one attached hydrogen (secondary N) is 1. The van der Waals surface area contributed by atoms with E-state index in [9.17, 15) is 4.79 Å². The molecule has 0 aromatic heterocycles. The molecular formula is C14H17ClINO. The summed E-state index contributed by atoms with van der Waals surface area (Å²) in [5.41, 5.74) is 0.921. The summed E-state index contributed by atoms with van der Waals surface area (Å²) in [4.78, 5) is 12.0. The molecule has 1 saturated carbocycles. The summed E-state index contributed by atoms with van der Waals surface area (Å²) in [6.45, 7) is 3.01. The first-order valence-corrected chi connectivity index (χ1v) is 7.69. The van der Waals surface area contributed by atoms with Crippen LogP contribution in [0.25, 0.3) is 0 Å². The quantitative estimate of drug-likeness (QED) is 0.784. The number of hydrogen-bond donors (Lipinski definition) is 1. The molecule has 1 fully saturated rings. The lowest BCUT2D eigenvalue weighted by Crippen LogP contribution is -2.34. The van der Waals surface area contributed by atoms with Crippen LogP contribution in [-0.2, 0) is 0 Å².